The second-order valence-corrected chi connectivity index (χ2v) is 4.07. The van der Waals surface area contributed by atoms with Crippen LogP contribution >= 0.6 is 0 Å². The Hall–Kier alpha value is -0.570. The molecule has 0 heterocycles. The first-order valence-electron chi connectivity index (χ1n) is 3.99. The number of carbonyl (C=O) groups excluding carboxylic acids is 1. The molecule has 4 N–H and O–H groups in total. The van der Waals surface area contributed by atoms with Gasteiger partial charge >= 0.3 is 0 Å². The highest BCUT2D eigenvalue weighted by atomic mass is 16.1. The van der Waals surface area contributed by atoms with E-state index in [1.807, 2.05) is 13.8 Å². The first kappa shape index (κ1) is 8.53. The summed E-state index contributed by atoms with van der Waals surface area (Å²) >= 11 is 0. The first-order chi connectivity index (χ1) is 4.90. The Labute approximate surface area is 67.1 Å². The van der Waals surface area contributed by atoms with Crippen LogP contribution in [0.1, 0.15) is 33.1 Å². The van der Waals surface area contributed by atoms with Gasteiger partial charge in [0.1, 0.15) is 5.54 Å². The van der Waals surface area contributed by atoms with Crippen molar-refractivity contribution in [1.82, 2.24) is 0 Å². The minimum absolute atomic E-state index is 0.126. The highest BCUT2D eigenvalue weighted by Crippen LogP contribution is 2.43. The molecule has 3 heteroatoms. The van der Waals surface area contributed by atoms with E-state index in [4.69, 9.17) is 11.5 Å². The molecule has 1 fully saturated rings. The predicted octanol–water partition coefficient (Wildman–Crippen LogP) is 0.379. The Balaban J connectivity index is 2.93. The van der Waals surface area contributed by atoms with Crippen molar-refractivity contribution in [1.29, 1.82) is 0 Å². The zero-order valence-electron chi connectivity index (χ0n) is 7.18. The quantitative estimate of drug-likeness (QED) is 0.576. The maximum absolute atomic E-state index is 11.0. The van der Waals surface area contributed by atoms with Crippen molar-refractivity contribution in [3.63, 3.8) is 0 Å². The van der Waals surface area contributed by atoms with E-state index in [1.165, 1.54) is 0 Å². The summed E-state index contributed by atoms with van der Waals surface area (Å²) in [7, 11) is 0. The highest BCUT2D eigenvalue weighted by molar-refractivity contribution is 5.85. The topological polar surface area (TPSA) is 69.1 Å². The lowest BCUT2D eigenvalue weighted by Gasteiger charge is -2.34. The van der Waals surface area contributed by atoms with Gasteiger partial charge in [-0.15, -0.1) is 0 Å². The molecule has 0 radical (unpaired) electrons. The minimum atomic E-state index is -0.771. The lowest BCUT2D eigenvalue weighted by Crippen LogP contribution is -2.58. The summed E-state index contributed by atoms with van der Waals surface area (Å²) in [6.45, 7) is 4.01. The van der Waals surface area contributed by atoms with Crippen LogP contribution in [0.25, 0.3) is 0 Å². The number of primary amides is 1. The lowest BCUT2D eigenvalue weighted by molar-refractivity contribution is -0.126. The number of carbonyl (C=O) groups is 1. The molecule has 1 saturated carbocycles. The van der Waals surface area contributed by atoms with E-state index < -0.39 is 5.54 Å². The molecule has 0 bridgehead atoms. The zero-order chi connectivity index (χ0) is 8.70. The van der Waals surface area contributed by atoms with Crippen molar-refractivity contribution in [3.8, 4) is 0 Å². The van der Waals surface area contributed by atoms with Gasteiger partial charge in [0.15, 0.2) is 0 Å². The molecular formula is C8H16N2O. The fraction of sp³-hybridized carbons (Fsp3) is 0.875. The summed E-state index contributed by atoms with van der Waals surface area (Å²) < 4.78 is 0. The number of amides is 1. The molecule has 0 aromatic carbocycles. The van der Waals surface area contributed by atoms with Crippen molar-refractivity contribution < 1.29 is 4.79 Å². The van der Waals surface area contributed by atoms with Crippen LogP contribution in [0.2, 0.25) is 0 Å². The number of hydrogen-bond donors (Lipinski definition) is 2. The molecule has 64 valence electrons. The third kappa shape index (κ3) is 1.03. The molecule has 0 aliphatic heterocycles. The standard InChI is InChI=1S/C8H16N2O/c1-7(2)4-3-5-8(7,10)6(9)11/h3-5,10H2,1-2H3,(H2,9,11). The molecule has 1 rings (SSSR count). The maximum Gasteiger partial charge on any atom is 0.238 e. The van der Waals surface area contributed by atoms with E-state index in [9.17, 15) is 4.79 Å². The van der Waals surface area contributed by atoms with Gasteiger partial charge in [0.05, 0.1) is 0 Å². The third-order valence-corrected chi connectivity index (χ3v) is 3.02. The van der Waals surface area contributed by atoms with E-state index in [0.29, 0.717) is 0 Å². The van der Waals surface area contributed by atoms with Crippen LogP contribution < -0.4 is 11.5 Å². The zero-order valence-corrected chi connectivity index (χ0v) is 7.18. The SMILES string of the molecule is CC1(C)CCCC1(N)C(N)=O. The van der Waals surface area contributed by atoms with Crippen molar-refractivity contribution >= 4 is 5.91 Å². The average molecular weight is 156 g/mol. The van der Waals surface area contributed by atoms with Crippen LogP contribution in [-0.4, -0.2) is 11.4 Å². The molecule has 1 aliphatic rings. The van der Waals surface area contributed by atoms with E-state index in [1.54, 1.807) is 0 Å². The van der Waals surface area contributed by atoms with Crippen molar-refractivity contribution in [2.24, 2.45) is 16.9 Å². The summed E-state index contributed by atoms with van der Waals surface area (Å²) in [5.41, 5.74) is 10.3. The van der Waals surface area contributed by atoms with Crippen LogP contribution in [0, 0.1) is 5.41 Å². The summed E-state index contributed by atoms with van der Waals surface area (Å²) in [6, 6.07) is 0. The number of nitrogens with two attached hydrogens (primary N) is 2. The molecule has 0 aromatic heterocycles. The van der Waals surface area contributed by atoms with Crippen LogP contribution in [-0.2, 0) is 4.79 Å². The number of rotatable bonds is 1. The van der Waals surface area contributed by atoms with Gasteiger partial charge < -0.3 is 11.5 Å². The van der Waals surface area contributed by atoms with E-state index >= 15 is 0 Å². The molecule has 0 saturated heterocycles. The second kappa shape index (κ2) is 2.21. The molecule has 1 unspecified atom stereocenters. The smallest absolute Gasteiger partial charge is 0.238 e. The Morgan fingerprint density at radius 1 is 1.36 bits per heavy atom. The molecule has 3 nitrogen and oxygen atoms in total. The summed E-state index contributed by atoms with van der Waals surface area (Å²) in [4.78, 5) is 11.0. The lowest BCUT2D eigenvalue weighted by atomic mass is 9.75. The van der Waals surface area contributed by atoms with Gasteiger partial charge in [0.25, 0.3) is 0 Å². The fourth-order valence-corrected chi connectivity index (χ4v) is 1.83. The summed E-state index contributed by atoms with van der Waals surface area (Å²) in [5.74, 6) is -0.361. The summed E-state index contributed by atoms with van der Waals surface area (Å²) in [6.07, 6.45) is 2.73. The molecular weight excluding hydrogens is 140 g/mol. The van der Waals surface area contributed by atoms with Gasteiger partial charge in [-0.25, -0.2) is 0 Å². The van der Waals surface area contributed by atoms with E-state index in [0.717, 1.165) is 19.3 Å². The molecule has 1 atom stereocenters. The third-order valence-electron chi connectivity index (χ3n) is 3.02. The molecule has 0 aromatic rings. The molecule has 11 heavy (non-hydrogen) atoms. The maximum atomic E-state index is 11.0. The summed E-state index contributed by atoms with van der Waals surface area (Å²) in [5, 5.41) is 0. The minimum Gasteiger partial charge on any atom is -0.368 e. The largest absolute Gasteiger partial charge is 0.368 e. The van der Waals surface area contributed by atoms with Gasteiger partial charge in [0, 0.05) is 0 Å². The monoisotopic (exact) mass is 156 g/mol. The highest BCUT2D eigenvalue weighted by Gasteiger charge is 2.50. The first-order valence-corrected chi connectivity index (χ1v) is 3.99. The fourth-order valence-electron chi connectivity index (χ4n) is 1.83. The van der Waals surface area contributed by atoms with Crippen LogP contribution in [0.3, 0.4) is 0 Å². The van der Waals surface area contributed by atoms with Gasteiger partial charge in [-0.3, -0.25) is 4.79 Å². The average Bonchev–Trinajstić information content (AvgIpc) is 2.09. The second-order valence-electron chi connectivity index (χ2n) is 4.07. The molecule has 1 amide bonds. The van der Waals surface area contributed by atoms with Crippen molar-refractivity contribution in [3.05, 3.63) is 0 Å². The number of hydrogen-bond acceptors (Lipinski definition) is 2. The Morgan fingerprint density at radius 3 is 2.09 bits per heavy atom. The molecule has 1 aliphatic carbocycles. The van der Waals surface area contributed by atoms with Crippen molar-refractivity contribution in [2.75, 3.05) is 0 Å². The van der Waals surface area contributed by atoms with E-state index in [2.05, 4.69) is 0 Å². The van der Waals surface area contributed by atoms with Crippen LogP contribution in [0.15, 0.2) is 0 Å². The van der Waals surface area contributed by atoms with Gasteiger partial charge in [-0.05, 0) is 18.3 Å². The van der Waals surface area contributed by atoms with E-state index in [-0.39, 0.29) is 11.3 Å². The van der Waals surface area contributed by atoms with Crippen LogP contribution in [0.4, 0.5) is 0 Å². The van der Waals surface area contributed by atoms with Gasteiger partial charge in [-0.2, -0.15) is 0 Å². The van der Waals surface area contributed by atoms with Gasteiger partial charge in [0.2, 0.25) is 5.91 Å². The Kier molecular flexibility index (Phi) is 1.71. The molecule has 0 spiro atoms. The predicted molar refractivity (Wildman–Crippen MR) is 43.7 cm³/mol. The Morgan fingerprint density at radius 2 is 1.91 bits per heavy atom. The van der Waals surface area contributed by atoms with Crippen LogP contribution in [0.5, 0.6) is 0 Å². The Bertz CT molecular complexity index is 189. The normalized spacial score (nSPS) is 35.5. The van der Waals surface area contributed by atoms with Crippen molar-refractivity contribution in [2.45, 2.75) is 38.6 Å². The van der Waals surface area contributed by atoms with Gasteiger partial charge in [-0.1, -0.05) is 20.3 Å².